The fourth-order valence-electron chi connectivity index (χ4n) is 2.33. The monoisotopic (exact) mass is 278 g/mol. The number of esters is 1. The molecule has 0 fully saturated rings. The average Bonchev–Trinajstić information content (AvgIpc) is 2.54. The molecule has 0 unspecified atom stereocenters. The van der Waals surface area contributed by atoms with E-state index in [-0.39, 0.29) is 5.97 Å². The highest BCUT2D eigenvalue weighted by Gasteiger charge is 2.10. The molecule has 0 amide bonds. The Labute approximate surface area is 122 Å². The van der Waals surface area contributed by atoms with Gasteiger partial charge >= 0.3 is 5.97 Å². The molecule has 1 aromatic heterocycles. The first-order valence-corrected chi connectivity index (χ1v) is 6.58. The van der Waals surface area contributed by atoms with Gasteiger partial charge < -0.3 is 4.74 Å². The molecule has 0 radical (unpaired) electrons. The minimum atomic E-state index is -0.333. The van der Waals surface area contributed by atoms with Gasteiger partial charge in [-0.15, -0.1) is 0 Å². The minimum absolute atomic E-state index is 0.333. The van der Waals surface area contributed by atoms with Crippen molar-refractivity contribution in [3.8, 4) is 11.1 Å². The van der Waals surface area contributed by atoms with Crippen LogP contribution < -0.4 is 0 Å². The molecule has 0 bridgehead atoms. The van der Waals surface area contributed by atoms with Gasteiger partial charge in [-0.1, -0.05) is 12.1 Å². The van der Waals surface area contributed by atoms with E-state index in [1.807, 2.05) is 37.3 Å². The van der Waals surface area contributed by atoms with Crippen LogP contribution in [0.1, 0.15) is 15.9 Å². The summed E-state index contributed by atoms with van der Waals surface area (Å²) in [5.41, 5.74) is 4.57. The second kappa shape index (κ2) is 5.32. The molecule has 2 aromatic carbocycles. The molecular formula is C17H14N2O2. The van der Waals surface area contributed by atoms with Crippen LogP contribution in [0.4, 0.5) is 0 Å². The molecule has 3 aromatic rings. The highest BCUT2D eigenvalue weighted by molar-refractivity contribution is 5.92. The van der Waals surface area contributed by atoms with Crippen LogP contribution in [0.5, 0.6) is 0 Å². The van der Waals surface area contributed by atoms with E-state index in [1.165, 1.54) is 13.4 Å². The molecular weight excluding hydrogens is 264 g/mol. The third-order valence-electron chi connectivity index (χ3n) is 3.47. The maximum Gasteiger partial charge on any atom is 0.337 e. The number of carbonyl (C=O) groups is 1. The third-order valence-corrected chi connectivity index (χ3v) is 3.47. The molecule has 0 saturated heterocycles. The largest absolute Gasteiger partial charge is 0.465 e. The minimum Gasteiger partial charge on any atom is -0.465 e. The number of aryl methyl sites for hydroxylation is 1. The quantitative estimate of drug-likeness (QED) is 0.674. The molecule has 4 nitrogen and oxygen atoms in total. The van der Waals surface area contributed by atoms with Gasteiger partial charge in [0, 0.05) is 11.6 Å². The summed E-state index contributed by atoms with van der Waals surface area (Å²) in [6.45, 7) is 2.02. The number of hydrogen-bond donors (Lipinski definition) is 0. The topological polar surface area (TPSA) is 52.1 Å². The van der Waals surface area contributed by atoms with Crippen LogP contribution in [0.3, 0.4) is 0 Å². The number of methoxy groups -OCH3 is 1. The van der Waals surface area contributed by atoms with Crippen LogP contribution in [0.25, 0.3) is 22.0 Å². The van der Waals surface area contributed by atoms with E-state index in [4.69, 9.17) is 4.74 Å². The Morgan fingerprint density at radius 3 is 2.81 bits per heavy atom. The van der Waals surface area contributed by atoms with E-state index in [1.54, 1.807) is 12.3 Å². The van der Waals surface area contributed by atoms with E-state index in [0.29, 0.717) is 5.56 Å². The highest BCUT2D eigenvalue weighted by atomic mass is 16.5. The van der Waals surface area contributed by atoms with Crippen LogP contribution in [0.15, 0.2) is 48.9 Å². The van der Waals surface area contributed by atoms with E-state index >= 15 is 0 Å². The summed E-state index contributed by atoms with van der Waals surface area (Å²) in [5.74, 6) is -0.333. The number of benzene rings is 2. The van der Waals surface area contributed by atoms with Crippen LogP contribution >= 0.6 is 0 Å². The molecule has 0 spiro atoms. The second-order valence-electron chi connectivity index (χ2n) is 4.82. The van der Waals surface area contributed by atoms with E-state index in [0.717, 1.165) is 27.6 Å². The molecule has 0 aliphatic carbocycles. The summed E-state index contributed by atoms with van der Waals surface area (Å²) in [7, 11) is 1.38. The Kier molecular flexibility index (Phi) is 3.36. The van der Waals surface area contributed by atoms with Crippen molar-refractivity contribution in [1.82, 2.24) is 9.97 Å². The number of carbonyl (C=O) groups excluding carboxylic acids is 1. The lowest BCUT2D eigenvalue weighted by Gasteiger charge is -2.09. The van der Waals surface area contributed by atoms with Crippen molar-refractivity contribution in [2.45, 2.75) is 6.92 Å². The van der Waals surface area contributed by atoms with Crippen molar-refractivity contribution < 1.29 is 9.53 Å². The number of rotatable bonds is 2. The average molecular weight is 278 g/mol. The zero-order valence-electron chi connectivity index (χ0n) is 11.8. The standard InChI is InChI=1S/C17H14N2O2/c1-11-3-4-13(17(20)21-2)8-15(11)12-5-6-16-14(7-12)9-18-10-19-16/h3-10H,1-2H3. The lowest BCUT2D eigenvalue weighted by molar-refractivity contribution is 0.0601. The summed E-state index contributed by atoms with van der Waals surface area (Å²) in [5, 5.41) is 0.970. The normalized spacial score (nSPS) is 10.6. The molecule has 104 valence electrons. The van der Waals surface area contributed by atoms with Gasteiger partial charge in [0.05, 0.1) is 18.2 Å². The van der Waals surface area contributed by atoms with E-state index in [2.05, 4.69) is 9.97 Å². The van der Waals surface area contributed by atoms with Gasteiger partial charge in [-0.3, -0.25) is 0 Å². The Morgan fingerprint density at radius 1 is 1.14 bits per heavy atom. The Hall–Kier alpha value is -2.75. The smallest absolute Gasteiger partial charge is 0.337 e. The molecule has 1 heterocycles. The first kappa shape index (κ1) is 13.2. The third kappa shape index (κ3) is 2.48. The Bertz CT molecular complexity index is 828. The number of aromatic nitrogens is 2. The van der Waals surface area contributed by atoms with Gasteiger partial charge in [0.25, 0.3) is 0 Å². The Morgan fingerprint density at radius 2 is 2.00 bits per heavy atom. The van der Waals surface area contributed by atoms with Gasteiger partial charge in [-0.25, -0.2) is 14.8 Å². The molecule has 0 atom stereocenters. The van der Waals surface area contributed by atoms with E-state index < -0.39 is 0 Å². The number of hydrogen-bond acceptors (Lipinski definition) is 4. The zero-order chi connectivity index (χ0) is 14.8. The molecule has 0 N–H and O–H groups in total. The zero-order valence-corrected chi connectivity index (χ0v) is 11.8. The second-order valence-corrected chi connectivity index (χ2v) is 4.82. The Balaban J connectivity index is 2.15. The van der Waals surface area contributed by atoms with Crippen LogP contribution in [-0.4, -0.2) is 23.0 Å². The van der Waals surface area contributed by atoms with Crippen molar-refractivity contribution in [2.75, 3.05) is 7.11 Å². The van der Waals surface area contributed by atoms with Gasteiger partial charge in [0.15, 0.2) is 0 Å². The van der Waals surface area contributed by atoms with Crippen LogP contribution in [0.2, 0.25) is 0 Å². The molecule has 21 heavy (non-hydrogen) atoms. The fourth-order valence-corrected chi connectivity index (χ4v) is 2.33. The molecule has 0 aliphatic heterocycles. The van der Waals surface area contributed by atoms with Gasteiger partial charge in [-0.2, -0.15) is 0 Å². The fraction of sp³-hybridized carbons (Fsp3) is 0.118. The highest BCUT2D eigenvalue weighted by Crippen LogP contribution is 2.27. The maximum atomic E-state index is 11.7. The van der Waals surface area contributed by atoms with E-state index in [9.17, 15) is 4.79 Å². The number of fused-ring (bicyclic) bond motifs is 1. The first-order valence-electron chi connectivity index (χ1n) is 6.58. The first-order chi connectivity index (χ1) is 10.2. The summed E-state index contributed by atoms with van der Waals surface area (Å²) >= 11 is 0. The summed E-state index contributed by atoms with van der Waals surface area (Å²) < 4.78 is 4.78. The predicted octanol–water partition coefficient (Wildman–Crippen LogP) is 3.39. The SMILES string of the molecule is COC(=O)c1ccc(C)c(-c2ccc3ncncc3c2)c1. The van der Waals surface area contributed by atoms with Crippen LogP contribution in [-0.2, 0) is 4.74 Å². The van der Waals surface area contributed by atoms with Gasteiger partial charge in [0.1, 0.15) is 6.33 Å². The lowest BCUT2D eigenvalue weighted by Crippen LogP contribution is -2.01. The molecule has 3 rings (SSSR count). The van der Waals surface area contributed by atoms with Crippen molar-refractivity contribution >= 4 is 16.9 Å². The van der Waals surface area contributed by atoms with Gasteiger partial charge in [-0.05, 0) is 47.9 Å². The van der Waals surface area contributed by atoms with Crippen molar-refractivity contribution in [1.29, 1.82) is 0 Å². The lowest BCUT2D eigenvalue weighted by atomic mass is 9.97. The number of nitrogens with zero attached hydrogens (tertiary/aromatic N) is 2. The molecule has 0 saturated carbocycles. The number of ether oxygens (including phenoxy) is 1. The van der Waals surface area contributed by atoms with Gasteiger partial charge in [0.2, 0.25) is 0 Å². The predicted molar refractivity (Wildman–Crippen MR) is 81.1 cm³/mol. The summed E-state index contributed by atoms with van der Waals surface area (Å²) in [6.07, 6.45) is 3.32. The summed E-state index contributed by atoms with van der Waals surface area (Å²) in [4.78, 5) is 19.9. The maximum absolute atomic E-state index is 11.7. The van der Waals surface area contributed by atoms with Crippen LogP contribution in [0, 0.1) is 6.92 Å². The van der Waals surface area contributed by atoms with Crippen molar-refractivity contribution in [2.24, 2.45) is 0 Å². The van der Waals surface area contributed by atoms with Crippen molar-refractivity contribution in [3.63, 3.8) is 0 Å². The molecule has 4 heteroatoms. The molecule has 0 aliphatic rings. The summed E-state index contributed by atoms with van der Waals surface area (Å²) in [6, 6.07) is 11.5. The van der Waals surface area contributed by atoms with Crippen molar-refractivity contribution in [3.05, 3.63) is 60.0 Å².